The summed E-state index contributed by atoms with van der Waals surface area (Å²) in [5.41, 5.74) is 5.46. The van der Waals surface area contributed by atoms with Crippen molar-refractivity contribution in [1.82, 2.24) is 0 Å². The molecular weight excluding hydrogens is 886 g/mol. The number of phosphoric acid groups is 4. The number of aliphatic hydroxyl groups is 2. The summed E-state index contributed by atoms with van der Waals surface area (Å²) in [5, 5.41) is 21.7. The van der Waals surface area contributed by atoms with Crippen LogP contribution in [0.4, 0.5) is 0 Å². The number of nitrogens with two attached hydrogens (primary N) is 1. The standard InChI is InChI=1S/C33H67NO22P4/c1-2-3-4-5-6-7-8-9-10-11-12-13-14-15-17-21-27(36)52-25(23-50-26(35)20-18-16-19-22-34)24-51-60(48,49)56-30-28(37)31(53-57(39,40)41)33(55-59(45,46)47)32(29(30)38)54-58(42,43)44/h25,28-33,37-38H,2-24,34H2,1H3,(H,48,49)(H2,39,40,41)(H2,42,43,44)(H2,45,46,47)/t25-,28-,29-,30?,31-,32+,33?/m0/s1. The van der Waals surface area contributed by atoms with Gasteiger partial charge in [-0.05, 0) is 25.8 Å². The van der Waals surface area contributed by atoms with E-state index in [0.717, 1.165) is 32.1 Å². The van der Waals surface area contributed by atoms with Gasteiger partial charge in [-0.2, -0.15) is 0 Å². The summed E-state index contributed by atoms with van der Waals surface area (Å²) in [5.74, 6) is -1.47. The maximum atomic E-state index is 13.1. The quantitative estimate of drug-likeness (QED) is 0.0245. The lowest BCUT2D eigenvalue weighted by molar-refractivity contribution is -0.209. The summed E-state index contributed by atoms with van der Waals surface area (Å²) < 4.78 is 81.2. The van der Waals surface area contributed by atoms with Gasteiger partial charge >= 0.3 is 43.2 Å². The highest BCUT2D eigenvalue weighted by molar-refractivity contribution is 7.47. The predicted molar refractivity (Wildman–Crippen MR) is 211 cm³/mol. The third kappa shape index (κ3) is 27.4. The molecule has 1 aliphatic rings. The molecule has 23 nitrogen and oxygen atoms in total. The molecule has 0 saturated heterocycles. The number of carbonyl (C=O) groups excluding carboxylic acids is 2. The molecule has 0 heterocycles. The van der Waals surface area contributed by atoms with Gasteiger partial charge in [-0.1, -0.05) is 103 Å². The summed E-state index contributed by atoms with van der Waals surface area (Å²) in [4.78, 5) is 91.8. The highest BCUT2D eigenvalue weighted by Crippen LogP contribution is 2.53. The van der Waals surface area contributed by atoms with Crippen molar-refractivity contribution in [2.45, 2.75) is 178 Å². The zero-order valence-electron chi connectivity index (χ0n) is 34.0. The van der Waals surface area contributed by atoms with Crippen LogP contribution in [0.3, 0.4) is 0 Å². The van der Waals surface area contributed by atoms with Crippen molar-refractivity contribution in [1.29, 1.82) is 0 Å². The van der Waals surface area contributed by atoms with E-state index in [-0.39, 0.29) is 12.8 Å². The Balaban J connectivity index is 2.91. The number of aliphatic hydroxyl groups excluding tert-OH is 2. The Morgan fingerprint density at radius 3 is 1.32 bits per heavy atom. The lowest BCUT2D eigenvalue weighted by Gasteiger charge is -2.45. The van der Waals surface area contributed by atoms with Crippen LogP contribution in [0.15, 0.2) is 0 Å². The first-order chi connectivity index (χ1) is 28.0. The average molecular weight is 954 g/mol. The van der Waals surface area contributed by atoms with Gasteiger partial charge in [-0.25, -0.2) is 18.3 Å². The second-order valence-electron chi connectivity index (χ2n) is 14.6. The van der Waals surface area contributed by atoms with Crippen molar-refractivity contribution in [2.24, 2.45) is 5.73 Å². The molecule has 0 amide bonds. The Morgan fingerprint density at radius 1 is 0.517 bits per heavy atom. The van der Waals surface area contributed by atoms with Gasteiger partial charge in [0.25, 0.3) is 0 Å². The number of hydrogen-bond donors (Lipinski definition) is 10. The smallest absolute Gasteiger partial charge is 0.462 e. The fraction of sp³-hybridized carbons (Fsp3) is 0.939. The van der Waals surface area contributed by atoms with Crippen molar-refractivity contribution in [2.75, 3.05) is 19.8 Å². The van der Waals surface area contributed by atoms with Gasteiger partial charge in [0, 0.05) is 12.8 Å². The van der Waals surface area contributed by atoms with Gasteiger partial charge in [0.1, 0.15) is 43.2 Å². The molecule has 1 aliphatic carbocycles. The Bertz CT molecular complexity index is 1370. The third-order valence-corrected chi connectivity index (χ3v) is 11.8. The molecule has 0 bridgehead atoms. The number of carbonyl (C=O) groups is 2. The van der Waals surface area contributed by atoms with Gasteiger partial charge in [-0.3, -0.25) is 32.2 Å². The van der Waals surface area contributed by atoms with E-state index >= 15 is 0 Å². The van der Waals surface area contributed by atoms with Crippen LogP contribution in [0.5, 0.6) is 0 Å². The average Bonchev–Trinajstić information content (AvgIpc) is 3.13. The first-order valence-corrected chi connectivity index (χ1v) is 26.4. The molecule has 356 valence electrons. The van der Waals surface area contributed by atoms with Crippen molar-refractivity contribution >= 4 is 43.2 Å². The van der Waals surface area contributed by atoms with Gasteiger partial charge in [0.05, 0.1) is 6.61 Å². The lowest BCUT2D eigenvalue weighted by atomic mass is 9.85. The molecule has 60 heavy (non-hydrogen) atoms. The summed E-state index contributed by atoms with van der Waals surface area (Å²) in [6.45, 7) is 0.937. The fourth-order valence-electron chi connectivity index (χ4n) is 6.33. The lowest BCUT2D eigenvalue weighted by Crippen LogP contribution is -2.65. The first-order valence-electron chi connectivity index (χ1n) is 20.3. The highest BCUT2D eigenvalue weighted by atomic mass is 31.2. The van der Waals surface area contributed by atoms with Gasteiger partial charge in [-0.15, -0.1) is 0 Å². The maximum absolute atomic E-state index is 13.1. The molecule has 8 atom stereocenters. The van der Waals surface area contributed by atoms with Crippen LogP contribution in [0.1, 0.15) is 135 Å². The van der Waals surface area contributed by atoms with Crippen LogP contribution in [-0.2, 0) is 59.9 Å². The number of hydrogen-bond acceptors (Lipinski definition) is 16. The Labute approximate surface area is 350 Å². The largest absolute Gasteiger partial charge is 0.472 e. The van der Waals surface area contributed by atoms with E-state index in [1.807, 2.05) is 0 Å². The molecular formula is C33H67NO22P4. The van der Waals surface area contributed by atoms with E-state index in [0.29, 0.717) is 32.2 Å². The number of esters is 2. The molecule has 11 N–H and O–H groups in total. The van der Waals surface area contributed by atoms with E-state index in [9.17, 15) is 72.3 Å². The highest BCUT2D eigenvalue weighted by Gasteiger charge is 2.59. The summed E-state index contributed by atoms with van der Waals surface area (Å²) >= 11 is 0. The van der Waals surface area contributed by atoms with E-state index in [2.05, 4.69) is 20.5 Å². The van der Waals surface area contributed by atoms with Crippen LogP contribution in [0.25, 0.3) is 0 Å². The molecule has 27 heteroatoms. The Kier molecular flexibility index (Phi) is 28.3. The molecule has 3 unspecified atom stereocenters. The number of unbranched alkanes of at least 4 members (excludes halogenated alkanes) is 16. The minimum Gasteiger partial charge on any atom is -0.462 e. The van der Waals surface area contributed by atoms with Crippen LogP contribution in [0, 0.1) is 0 Å². The third-order valence-electron chi connectivity index (χ3n) is 9.25. The van der Waals surface area contributed by atoms with E-state index in [4.69, 9.17) is 24.3 Å². The van der Waals surface area contributed by atoms with E-state index in [1.54, 1.807) is 0 Å². The van der Waals surface area contributed by atoms with E-state index in [1.165, 1.54) is 57.8 Å². The number of rotatable bonds is 35. The summed E-state index contributed by atoms with van der Waals surface area (Å²) in [6, 6.07) is 0. The molecule has 1 saturated carbocycles. The maximum Gasteiger partial charge on any atom is 0.472 e. The van der Waals surface area contributed by atoms with Gasteiger partial charge < -0.3 is 59.7 Å². The van der Waals surface area contributed by atoms with Crippen molar-refractivity contribution < 1.29 is 104 Å². The van der Waals surface area contributed by atoms with Crippen molar-refractivity contribution in [3.8, 4) is 0 Å². The molecule has 0 aromatic rings. The number of ether oxygens (including phenoxy) is 2. The molecule has 0 aliphatic heterocycles. The van der Waals surface area contributed by atoms with Crippen LogP contribution < -0.4 is 5.73 Å². The zero-order chi connectivity index (χ0) is 45.4. The molecule has 0 aromatic carbocycles. The Morgan fingerprint density at radius 2 is 0.900 bits per heavy atom. The second-order valence-corrected chi connectivity index (χ2v) is 19.6. The minimum atomic E-state index is -5.78. The van der Waals surface area contributed by atoms with Crippen molar-refractivity contribution in [3.63, 3.8) is 0 Å². The van der Waals surface area contributed by atoms with Crippen LogP contribution in [0.2, 0.25) is 0 Å². The second kappa shape index (κ2) is 29.7. The van der Waals surface area contributed by atoms with Crippen LogP contribution in [-0.4, -0.2) is 119 Å². The fourth-order valence-corrected chi connectivity index (χ4v) is 8.98. The molecule has 1 rings (SSSR count). The number of phosphoric ester groups is 4. The molecule has 0 radical (unpaired) electrons. The topological polar surface area (TPSA) is 375 Å². The predicted octanol–water partition coefficient (Wildman–Crippen LogP) is 3.89. The summed E-state index contributed by atoms with van der Waals surface area (Å²) in [7, 11) is -23.0. The molecule has 1 fully saturated rings. The first kappa shape index (κ1) is 57.3. The van der Waals surface area contributed by atoms with Gasteiger partial charge in [0.2, 0.25) is 0 Å². The van der Waals surface area contributed by atoms with Gasteiger partial charge in [0.15, 0.2) is 6.10 Å². The summed E-state index contributed by atoms with van der Waals surface area (Å²) in [6.07, 6.45) is 0.278. The monoisotopic (exact) mass is 953 g/mol. The van der Waals surface area contributed by atoms with E-state index < -0.39 is 99.2 Å². The molecule has 0 spiro atoms. The van der Waals surface area contributed by atoms with Crippen LogP contribution >= 0.6 is 31.3 Å². The molecule has 0 aromatic heterocycles. The minimum absolute atomic E-state index is 0.0257. The van der Waals surface area contributed by atoms with Crippen molar-refractivity contribution in [3.05, 3.63) is 0 Å². The normalized spacial score (nSPS) is 22.9. The SMILES string of the molecule is CCCCCCCCCCCCCCCCCC(=O)O[C@@H](COC(=O)CCCCCN)COP(=O)(O)OC1[C@H](O)[C@H](OP(=O)(O)O)C(OP(=O)(O)O)[C@H](OP(=O)(O)O)[C@H]1O. The zero-order valence-corrected chi connectivity index (χ0v) is 37.6. The Hall–Kier alpha value is -0.740.